The third kappa shape index (κ3) is 3.12. The van der Waals surface area contributed by atoms with Crippen LogP contribution in [0.4, 0.5) is 16.0 Å². The highest BCUT2D eigenvalue weighted by Gasteiger charge is 2.50. The third-order valence-corrected chi connectivity index (χ3v) is 6.06. The number of halogens is 1. The number of benzene rings is 1. The molecule has 4 heterocycles. The molecule has 0 bridgehead atoms. The molecule has 1 aromatic carbocycles. The number of aryl methyl sites for hydroxylation is 2. The second kappa shape index (κ2) is 7.58. The van der Waals surface area contributed by atoms with E-state index in [2.05, 4.69) is 32.3 Å². The lowest BCUT2D eigenvalue weighted by atomic mass is 9.74. The fourth-order valence-corrected chi connectivity index (χ4v) is 4.55. The van der Waals surface area contributed by atoms with Crippen LogP contribution in [-0.4, -0.2) is 35.5 Å². The van der Waals surface area contributed by atoms with Crippen LogP contribution < -0.4 is 11.1 Å². The SMILES string of the molecule is CCCc1nc(-c2nc(N)c3c(n2)NC(=O)C3(CC)c2ccc(F)cc2)cn2nc(C)nc12. The van der Waals surface area contributed by atoms with Crippen LogP contribution in [0.2, 0.25) is 0 Å². The highest BCUT2D eigenvalue weighted by atomic mass is 19.1. The summed E-state index contributed by atoms with van der Waals surface area (Å²) < 4.78 is 15.2. The van der Waals surface area contributed by atoms with Gasteiger partial charge in [-0.1, -0.05) is 32.4 Å². The molecule has 1 atom stereocenters. The number of carbonyl (C=O) groups excluding carboxylic acids is 1. The lowest BCUT2D eigenvalue weighted by Gasteiger charge is -2.27. The standard InChI is InChI=1S/C23H23FN8O/c1-4-6-15-21-26-12(3)31-32(21)11-16(27-15)19-28-18(25)17-20(29-19)30-22(33)23(17,5-2)13-7-9-14(24)10-8-13/h7-11H,4-6H2,1-3H3,(H3,25,28,29,30,33). The Morgan fingerprint density at radius 2 is 1.88 bits per heavy atom. The summed E-state index contributed by atoms with van der Waals surface area (Å²) in [6, 6.07) is 5.86. The maximum atomic E-state index is 13.5. The minimum absolute atomic E-state index is 0.174. The molecule has 1 amide bonds. The molecule has 0 spiro atoms. The van der Waals surface area contributed by atoms with Gasteiger partial charge in [-0.25, -0.2) is 28.8 Å². The molecular weight excluding hydrogens is 423 g/mol. The quantitative estimate of drug-likeness (QED) is 0.482. The van der Waals surface area contributed by atoms with Gasteiger partial charge in [-0.3, -0.25) is 4.79 Å². The van der Waals surface area contributed by atoms with Gasteiger partial charge in [-0.2, -0.15) is 5.10 Å². The maximum Gasteiger partial charge on any atom is 0.240 e. The summed E-state index contributed by atoms with van der Waals surface area (Å²) in [5.41, 5.74) is 8.42. The Kier molecular flexibility index (Phi) is 4.80. The first-order valence-electron chi connectivity index (χ1n) is 10.9. The van der Waals surface area contributed by atoms with Crippen LogP contribution in [0.15, 0.2) is 30.5 Å². The van der Waals surface area contributed by atoms with Gasteiger partial charge in [0.05, 0.1) is 17.5 Å². The first-order valence-corrected chi connectivity index (χ1v) is 10.9. The van der Waals surface area contributed by atoms with Crippen molar-refractivity contribution in [2.24, 2.45) is 0 Å². The van der Waals surface area contributed by atoms with E-state index in [1.807, 2.05) is 13.8 Å². The Balaban J connectivity index is 1.68. The molecule has 3 N–H and O–H groups in total. The highest BCUT2D eigenvalue weighted by Crippen LogP contribution is 2.47. The maximum absolute atomic E-state index is 13.5. The summed E-state index contributed by atoms with van der Waals surface area (Å²) in [4.78, 5) is 31.5. The summed E-state index contributed by atoms with van der Waals surface area (Å²) in [5, 5.41) is 7.27. The largest absolute Gasteiger partial charge is 0.383 e. The van der Waals surface area contributed by atoms with Crippen LogP contribution >= 0.6 is 0 Å². The van der Waals surface area contributed by atoms with Crippen molar-refractivity contribution in [3.8, 4) is 11.5 Å². The number of hydrogen-bond donors (Lipinski definition) is 2. The number of rotatable bonds is 5. The Morgan fingerprint density at radius 1 is 1.12 bits per heavy atom. The zero-order chi connectivity index (χ0) is 23.3. The molecule has 0 saturated heterocycles. The van der Waals surface area contributed by atoms with Crippen LogP contribution in [0.3, 0.4) is 0 Å². The molecule has 0 radical (unpaired) electrons. The lowest BCUT2D eigenvalue weighted by Crippen LogP contribution is -2.35. The monoisotopic (exact) mass is 446 g/mol. The van der Waals surface area contributed by atoms with E-state index in [9.17, 15) is 9.18 Å². The van der Waals surface area contributed by atoms with Gasteiger partial charge in [0.1, 0.15) is 34.4 Å². The summed E-state index contributed by atoms with van der Waals surface area (Å²) in [6.07, 6.45) is 3.72. The molecule has 10 heteroatoms. The zero-order valence-corrected chi connectivity index (χ0v) is 18.6. The fraction of sp³-hybridized carbons (Fsp3) is 0.304. The number of anilines is 2. The molecule has 3 aromatic heterocycles. The minimum atomic E-state index is -1.10. The number of nitrogen functional groups attached to an aromatic ring is 1. The molecular formula is C23H23FN8O. The average Bonchev–Trinajstić information content (AvgIpc) is 3.31. The highest BCUT2D eigenvalue weighted by molar-refractivity contribution is 6.09. The van der Waals surface area contributed by atoms with Gasteiger partial charge in [0.2, 0.25) is 5.91 Å². The molecule has 0 fully saturated rings. The molecule has 1 aliphatic rings. The Morgan fingerprint density at radius 3 is 2.58 bits per heavy atom. The molecule has 0 saturated carbocycles. The van der Waals surface area contributed by atoms with Crippen molar-refractivity contribution in [3.63, 3.8) is 0 Å². The third-order valence-electron chi connectivity index (χ3n) is 6.06. The molecule has 1 unspecified atom stereocenters. The van der Waals surface area contributed by atoms with Crippen LogP contribution in [-0.2, 0) is 16.6 Å². The number of fused-ring (bicyclic) bond motifs is 2. The van der Waals surface area contributed by atoms with Gasteiger partial charge in [-0.15, -0.1) is 0 Å². The Bertz CT molecular complexity index is 1400. The Labute approximate surface area is 189 Å². The van der Waals surface area contributed by atoms with Crippen LogP contribution in [0.1, 0.15) is 49.3 Å². The molecule has 5 rings (SSSR count). The number of amides is 1. The fourth-order valence-electron chi connectivity index (χ4n) is 4.55. The van der Waals surface area contributed by atoms with Gasteiger partial charge < -0.3 is 11.1 Å². The van der Waals surface area contributed by atoms with Crippen molar-refractivity contribution in [1.29, 1.82) is 0 Å². The second-order valence-electron chi connectivity index (χ2n) is 8.13. The van der Waals surface area contributed by atoms with E-state index < -0.39 is 5.41 Å². The van der Waals surface area contributed by atoms with Crippen LogP contribution in [0, 0.1) is 12.7 Å². The van der Waals surface area contributed by atoms with E-state index >= 15 is 0 Å². The number of aromatic nitrogens is 6. The zero-order valence-electron chi connectivity index (χ0n) is 18.6. The summed E-state index contributed by atoms with van der Waals surface area (Å²) in [6.45, 7) is 5.76. The van der Waals surface area contributed by atoms with E-state index in [0.29, 0.717) is 40.5 Å². The van der Waals surface area contributed by atoms with E-state index in [1.165, 1.54) is 12.1 Å². The smallest absolute Gasteiger partial charge is 0.240 e. The summed E-state index contributed by atoms with van der Waals surface area (Å²) in [5.74, 6) is 0.781. The summed E-state index contributed by atoms with van der Waals surface area (Å²) in [7, 11) is 0. The first kappa shape index (κ1) is 20.9. The van der Waals surface area contributed by atoms with E-state index in [1.54, 1.807) is 22.8 Å². The second-order valence-corrected chi connectivity index (χ2v) is 8.13. The molecule has 0 aliphatic carbocycles. The van der Waals surface area contributed by atoms with Crippen molar-refractivity contribution < 1.29 is 9.18 Å². The minimum Gasteiger partial charge on any atom is -0.383 e. The van der Waals surface area contributed by atoms with Crippen molar-refractivity contribution in [2.75, 3.05) is 11.1 Å². The number of carbonyl (C=O) groups is 1. The number of nitrogens with two attached hydrogens (primary N) is 1. The van der Waals surface area contributed by atoms with E-state index in [-0.39, 0.29) is 23.4 Å². The van der Waals surface area contributed by atoms with Crippen LogP contribution in [0.25, 0.3) is 17.2 Å². The van der Waals surface area contributed by atoms with E-state index in [4.69, 9.17) is 10.7 Å². The number of nitrogens with one attached hydrogen (secondary N) is 1. The topological polar surface area (TPSA) is 124 Å². The molecule has 1 aliphatic heterocycles. The predicted molar refractivity (Wildman–Crippen MR) is 121 cm³/mol. The van der Waals surface area contributed by atoms with Crippen molar-refractivity contribution >= 4 is 23.2 Å². The first-order chi connectivity index (χ1) is 15.9. The Hall–Kier alpha value is -3.95. The average molecular weight is 446 g/mol. The predicted octanol–water partition coefficient (Wildman–Crippen LogP) is 3.21. The van der Waals surface area contributed by atoms with Crippen molar-refractivity contribution in [3.05, 3.63) is 58.9 Å². The van der Waals surface area contributed by atoms with Gasteiger partial charge in [0.25, 0.3) is 0 Å². The number of hydrogen-bond acceptors (Lipinski definition) is 7. The molecule has 9 nitrogen and oxygen atoms in total. The van der Waals surface area contributed by atoms with Crippen molar-refractivity contribution in [2.45, 2.75) is 45.4 Å². The lowest BCUT2D eigenvalue weighted by molar-refractivity contribution is -0.119. The molecule has 168 valence electrons. The van der Waals surface area contributed by atoms with Gasteiger partial charge in [-0.05, 0) is 37.5 Å². The van der Waals surface area contributed by atoms with Gasteiger partial charge >= 0.3 is 0 Å². The summed E-state index contributed by atoms with van der Waals surface area (Å²) >= 11 is 0. The van der Waals surface area contributed by atoms with Gasteiger partial charge in [0, 0.05) is 0 Å². The molecule has 4 aromatic rings. The normalized spacial score (nSPS) is 17.4. The van der Waals surface area contributed by atoms with Crippen molar-refractivity contribution in [1.82, 2.24) is 29.5 Å². The van der Waals surface area contributed by atoms with Gasteiger partial charge in [0.15, 0.2) is 11.5 Å². The molecule has 33 heavy (non-hydrogen) atoms. The van der Waals surface area contributed by atoms with E-state index in [0.717, 1.165) is 18.5 Å². The van der Waals surface area contributed by atoms with Crippen LogP contribution in [0.5, 0.6) is 0 Å². The number of nitrogens with zero attached hydrogens (tertiary/aromatic N) is 6.